The van der Waals surface area contributed by atoms with E-state index in [9.17, 15) is 25.0 Å². The van der Waals surface area contributed by atoms with Gasteiger partial charge in [-0.1, -0.05) is 24.3 Å². The number of nitrogens with two attached hydrogens (primary N) is 1. The van der Waals surface area contributed by atoms with Crippen molar-refractivity contribution in [3.05, 3.63) is 58.6 Å². The van der Waals surface area contributed by atoms with Crippen molar-refractivity contribution >= 4 is 6.09 Å². The standard InChI is InChI=1S/C21H18FN5O2/c1-2-29-20(28)27-8-7-16-15(10-27)18(13-5-3-4-6-17(13)22)14(9-23)19(26)21(16,11-24)12-25/h3-7,15,18H,2,8,10,26H2,1H3/t15-,18+/m0/s1. The highest BCUT2D eigenvalue weighted by Crippen LogP contribution is 2.53. The van der Waals surface area contributed by atoms with Gasteiger partial charge in [0.2, 0.25) is 5.41 Å². The first kappa shape index (κ1) is 19.9. The highest BCUT2D eigenvalue weighted by atomic mass is 19.1. The quantitative estimate of drug-likeness (QED) is 0.772. The summed E-state index contributed by atoms with van der Waals surface area (Å²) in [5.74, 6) is -2.04. The van der Waals surface area contributed by atoms with Gasteiger partial charge in [-0.2, -0.15) is 15.8 Å². The Morgan fingerprint density at radius 1 is 1.34 bits per heavy atom. The van der Waals surface area contributed by atoms with Gasteiger partial charge in [-0.15, -0.1) is 0 Å². The number of ether oxygens (including phenoxy) is 1. The maximum Gasteiger partial charge on any atom is 0.410 e. The number of carbonyl (C=O) groups is 1. The second-order valence-corrected chi connectivity index (χ2v) is 6.78. The highest BCUT2D eigenvalue weighted by molar-refractivity contribution is 5.69. The van der Waals surface area contributed by atoms with Gasteiger partial charge in [0.25, 0.3) is 0 Å². The Hall–Kier alpha value is -3.83. The van der Waals surface area contributed by atoms with Crippen molar-refractivity contribution in [2.24, 2.45) is 17.1 Å². The van der Waals surface area contributed by atoms with E-state index >= 15 is 0 Å². The molecule has 1 aliphatic heterocycles. The summed E-state index contributed by atoms with van der Waals surface area (Å²) in [6, 6.07) is 11.8. The Labute approximate surface area is 167 Å². The van der Waals surface area contributed by atoms with Crippen LogP contribution in [0.3, 0.4) is 0 Å². The number of hydrogen-bond donors (Lipinski definition) is 1. The first-order chi connectivity index (χ1) is 13.9. The number of fused-ring (bicyclic) bond motifs is 1. The number of amides is 1. The van der Waals surface area contributed by atoms with Crippen molar-refractivity contribution in [1.29, 1.82) is 15.8 Å². The van der Waals surface area contributed by atoms with Crippen LogP contribution in [-0.4, -0.2) is 30.7 Å². The van der Waals surface area contributed by atoms with Gasteiger partial charge >= 0.3 is 6.09 Å². The lowest BCUT2D eigenvalue weighted by molar-refractivity contribution is 0.101. The molecule has 0 saturated heterocycles. The second kappa shape index (κ2) is 7.66. The number of nitrogens with zero attached hydrogens (tertiary/aromatic N) is 4. The van der Waals surface area contributed by atoms with Crippen LogP contribution >= 0.6 is 0 Å². The van der Waals surface area contributed by atoms with E-state index in [2.05, 4.69) is 0 Å². The number of hydrogen-bond acceptors (Lipinski definition) is 6. The van der Waals surface area contributed by atoms with E-state index in [-0.39, 0.29) is 36.5 Å². The molecule has 2 aliphatic rings. The molecule has 146 valence electrons. The molecule has 8 heteroatoms. The van der Waals surface area contributed by atoms with Gasteiger partial charge in [0, 0.05) is 24.9 Å². The highest BCUT2D eigenvalue weighted by Gasteiger charge is 2.53. The molecular weight excluding hydrogens is 373 g/mol. The summed E-state index contributed by atoms with van der Waals surface area (Å²) >= 11 is 0. The lowest BCUT2D eigenvalue weighted by Gasteiger charge is -2.44. The molecule has 2 N–H and O–H groups in total. The third-order valence-electron chi connectivity index (χ3n) is 5.41. The van der Waals surface area contributed by atoms with Crippen LogP contribution in [0.25, 0.3) is 0 Å². The summed E-state index contributed by atoms with van der Waals surface area (Å²) in [5, 5.41) is 29.4. The summed E-state index contributed by atoms with van der Waals surface area (Å²) in [7, 11) is 0. The molecule has 0 bridgehead atoms. The van der Waals surface area contributed by atoms with E-state index in [1.165, 1.54) is 23.1 Å². The van der Waals surface area contributed by atoms with Crippen molar-refractivity contribution in [3.63, 3.8) is 0 Å². The summed E-state index contributed by atoms with van der Waals surface area (Å²) in [6.45, 7) is 2.05. The Morgan fingerprint density at radius 3 is 2.62 bits per heavy atom. The molecule has 1 aromatic rings. The number of allylic oxidation sites excluding steroid dienone is 2. The van der Waals surface area contributed by atoms with E-state index in [1.54, 1.807) is 19.1 Å². The minimum atomic E-state index is -1.84. The maximum absolute atomic E-state index is 14.7. The zero-order valence-electron chi connectivity index (χ0n) is 15.7. The van der Waals surface area contributed by atoms with Gasteiger partial charge in [0.15, 0.2) is 0 Å². The molecule has 0 spiro atoms. The second-order valence-electron chi connectivity index (χ2n) is 6.78. The zero-order valence-corrected chi connectivity index (χ0v) is 15.7. The molecule has 0 fully saturated rings. The molecule has 1 amide bonds. The Kier molecular flexibility index (Phi) is 5.26. The molecule has 2 atom stereocenters. The van der Waals surface area contributed by atoms with Gasteiger partial charge in [-0.25, -0.2) is 9.18 Å². The molecule has 7 nitrogen and oxygen atoms in total. The molecule has 1 aromatic carbocycles. The van der Waals surface area contributed by atoms with Crippen molar-refractivity contribution in [2.75, 3.05) is 19.7 Å². The van der Waals surface area contributed by atoms with Crippen molar-refractivity contribution < 1.29 is 13.9 Å². The smallest absolute Gasteiger partial charge is 0.410 e. The third-order valence-corrected chi connectivity index (χ3v) is 5.41. The summed E-state index contributed by atoms with van der Waals surface area (Å²) in [6.07, 6.45) is 1.03. The number of rotatable bonds is 2. The van der Waals surface area contributed by atoms with E-state index in [4.69, 9.17) is 10.5 Å². The lowest BCUT2D eigenvalue weighted by Crippen LogP contribution is -2.49. The zero-order chi connectivity index (χ0) is 21.2. The topological polar surface area (TPSA) is 127 Å². The van der Waals surface area contributed by atoms with Crippen molar-refractivity contribution in [2.45, 2.75) is 12.8 Å². The van der Waals surface area contributed by atoms with Gasteiger partial charge in [-0.05, 0) is 24.1 Å². The Morgan fingerprint density at radius 2 is 2.03 bits per heavy atom. The van der Waals surface area contributed by atoms with Gasteiger partial charge < -0.3 is 15.4 Å². The monoisotopic (exact) mass is 391 g/mol. The number of benzene rings is 1. The van der Waals surface area contributed by atoms with E-state index in [0.29, 0.717) is 5.57 Å². The first-order valence-corrected chi connectivity index (χ1v) is 9.04. The Balaban J connectivity index is 2.25. The van der Waals surface area contributed by atoms with Crippen LogP contribution in [0, 0.1) is 51.1 Å². The van der Waals surface area contributed by atoms with Gasteiger partial charge in [-0.3, -0.25) is 0 Å². The van der Waals surface area contributed by atoms with Gasteiger partial charge in [0.1, 0.15) is 5.82 Å². The molecule has 0 aromatic heterocycles. The van der Waals surface area contributed by atoms with Crippen LogP contribution in [0.1, 0.15) is 18.4 Å². The average molecular weight is 391 g/mol. The molecule has 0 unspecified atom stereocenters. The maximum atomic E-state index is 14.7. The van der Waals surface area contributed by atoms with Crippen LogP contribution < -0.4 is 5.73 Å². The van der Waals surface area contributed by atoms with Crippen LogP contribution in [-0.2, 0) is 4.74 Å². The van der Waals surface area contributed by atoms with Crippen LogP contribution in [0.2, 0.25) is 0 Å². The van der Waals surface area contributed by atoms with Crippen molar-refractivity contribution in [3.8, 4) is 18.2 Å². The van der Waals surface area contributed by atoms with E-state index in [0.717, 1.165) is 0 Å². The summed E-state index contributed by atoms with van der Waals surface area (Å²) in [5.41, 5.74) is 4.70. The fraction of sp³-hybridized carbons (Fsp3) is 0.333. The molecule has 0 radical (unpaired) electrons. The van der Waals surface area contributed by atoms with E-state index in [1.807, 2.05) is 18.2 Å². The third kappa shape index (κ3) is 2.98. The minimum absolute atomic E-state index is 0.0361. The first-order valence-electron chi connectivity index (χ1n) is 9.04. The number of halogens is 1. The SMILES string of the molecule is CCOC(=O)N1CC=C2[C@H](C1)[C@H](c1ccccc1F)C(C#N)=C(N)C2(C#N)C#N. The largest absolute Gasteiger partial charge is 0.450 e. The molecule has 3 rings (SSSR count). The predicted octanol–water partition coefficient (Wildman–Crippen LogP) is 2.71. The van der Waals surface area contributed by atoms with E-state index < -0.39 is 29.2 Å². The van der Waals surface area contributed by atoms with Gasteiger partial charge in [0.05, 0.1) is 36.1 Å². The normalized spacial score (nSPS) is 22.4. The average Bonchev–Trinajstić information content (AvgIpc) is 2.74. The van der Waals surface area contributed by atoms with Crippen molar-refractivity contribution in [1.82, 2.24) is 4.90 Å². The van der Waals surface area contributed by atoms with Crippen LogP contribution in [0.5, 0.6) is 0 Å². The number of nitriles is 3. The summed E-state index contributed by atoms with van der Waals surface area (Å²) in [4.78, 5) is 13.7. The molecular formula is C21H18FN5O2. The summed E-state index contributed by atoms with van der Waals surface area (Å²) < 4.78 is 19.7. The van der Waals surface area contributed by atoms with Crippen LogP contribution in [0.4, 0.5) is 9.18 Å². The predicted molar refractivity (Wildman–Crippen MR) is 99.8 cm³/mol. The Bertz CT molecular complexity index is 1030. The molecule has 0 saturated carbocycles. The van der Waals surface area contributed by atoms with Crippen LogP contribution in [0.15, 0.2) is 47.2 Å². The molecule has 29 heavy (non-hydrogen) atoms. The molecule has 1 aliphatic carbocycles. The fourth-order valence-electron chi connectivity index (χ4n) is 4.08. The molecule has 1 heterocycles. The minimum Gasteiger partial charge on any atom is -0.450 e. The number of carbonyl (C=O) groups excluding carboxylic acids is 1. The lowest BCUT2D eigenvalue weighted by atomic mass is 9.60. The fourth-order valence-corrected chi connectivity index (χ4v) is 4.08.